The molecule has 1 aromatic carbocycles. The number of hydrogen-bond acceptors (Lipinski definition) is 2. The molecule has 0 amide bonds. The fourth-order valence-electron chi connectivity index (χ4n) is 2.13. The van der Waals surface area contributed by atoms with E-state index in [9.17, 15) is 0 Å². The summed E-state index contributed by atoms with van der Waals surface area (Å²) in [6.45, 7) is 8.43. The highest BCUT2D eigenvalue weighted by Crippen LogP contribution is 2.20. The first-order valence-electron chi connectivity index (χ1n) is 6.41. The molecule has 2 N–H and O–H groups in total. The molecule has 0 fully saturated rings. The van der Waals surface area contributed by atoms with E-state index in [0.29, 0.717) is 5.92 Å². The van der Waals surface area contributed by atoms with Crippen LogP contribution in [0.4, 0.5) is 0 Å². The molecule has 0 aliphatic heterocycles. The number of nitrogens with two attached hydrogens (primary N) is 1. The summed E-state index contributed by atoms with van der Waals surface area (Å²) in [4.78, 5) is 0. The normalized spacial score (nSPS) is 13.0. The van der Waals surface area contributed by atoms with Gasteiger partial charge in [-0.15, -0.1) is 0 Å². The van der Waals surface area contributed by atoms with Crippen molar-refractivity contribution in [1.82, 2.24) is 9.78 Å². The fraction of sp³-hybridized carbons (Fsp3) is 0.400. The lowest BCUT2D eigenvalue weighted by Crippen LogP contribution is -2.07. The smallest absolute Gasteiger partial charge is 0.0648 e. The number of benzene rings is 1. The molecule has 0 bridgehead atoms. The molecule has 1 atom stereocenters. The first kappa shape index (κ1) is 12.8. The Morgan fingerprint density at radius 1 is 1.11 bits per heavy atom. The highest BCUT2D eigenvalue weighted by molar-refractivity contribution is 5.38. The number of hydrogen-bond donors (Lipinski definition) is 1. The second kappa shape index (κ2) is 4.94. The first-order chi connectivity index (χ1) is 8.50. The summed E-state index contributed by atoms with van der Waals surface area (Å²) in [6.07, 6.45) is 1.86. The van der Waals surface area contributed by atoms with Gasteiger partial charge in [0.05, 0.1) is 11.9 Å². The lowest BCUT2D eigenvalue weighted by molar-refractivity contribution is 0.796. The van der Waals surface area contributed by atoms with E-state index in [1.54, 1.807) is 0 Å². The van der Waals surface area contributed by atoms with Crippen LogP contribution in [0.15, 0.2) is 30.5 Å². The van der Waals surface area contributed by atoms with Crippen molar-refractivity contribution in [3.8, 4) is 5.69 Å². The molecule has 0 saturated carbocycles. The maximum atomic E-state index is 5.92. The molecular weight excluding hydrogens is 222 g/mol. The lowest BCUT2D eigenvalue weighted by atomic mass is 10.0. The maximum Gasteiger partial charge on any atom is 0.0648 e. The molecule has 0 aliphatic carbocycles. The molecule has 96 valence electrons. The van der Waals surface area contributed by atoms with Crippen molar-refractivity contribution in [3.05, 3.63) is 47.3 Å². The van der Waals surface area contributed by atoms with Gasteiger partial charge in [0.1, 0.15) is 0 Å². The van der Waals surface area contributed by atoms with E-state index in [1.807, 2.05) is 17.8 Å². The van der Waals surface area contributed by atoms with E-state index in [-0.39, 0.29) is 6.04 Å². The second-order valence-electron chi connectivity index (χ2n) is 5.13. The zero-order chi connectivity index (χ0) is 13.3. The summed E-state index contributed by atoms with van der Waals surface area (Å²) in [6, 6.07) is 8.56. The monoisotopic (exact) mass is 243 g/mol. The molecule has 3 nitrogen and oxygen atoms in total. The molecule has 1 heterocycles. The van der Waals surface area contributed by atoms with Crippen LogP contribution in [0.3, 0.4) is 0 Å². The van der Waals surface area contributed by atoms with Crippen LogP contribution in [0.25, 0.3) is 5.69 Å². The van der Waals surface area contributed by atoms with Crippen molar-refractivity contribution in [3.63, 3.8) is 0 Å². The average molecular weight is 243 g/mol. The summed E-state index contributed by atoms with van der Waals surface area (Å²) < 4.78 is 1.95. The van der Waals surface area contributed by atoms with Crippen LogP contribution >= 0.6 is 0 Å². The summed E-state index contributed by atoms with van der Waals surface area (Å²) in [5.74, 6) is 0.553. The summed E-state index contributed by atoms with van der Waals surface area (Å²) >= 11 is 0. The Morgan fingerprint density at radius 3 is 2.17 bits per heavy atom. The highest BCUT2D eigenvalue weighted by atomic mass is 15.3. The summed E-state index contributed by atoms with van der Waals surface area (Å²) in [5, 5.41) is 4.42. The van der Waals surface area contributed by atoms with Crippen molar-refractivity contribution < 1.29 is 0 Å². The van der Waals surface area contributed by atoms with Crippen LogP contribution in [0.5, 0.6) is 0 Å². The van der Waals surface area contributed by atoms with Crippen molar-refractivity contribution in [2.75, 3.05) is 0 Å². The molecule has 0 radical (unpaired) electrons. The Bertz CT molecular complexity index is 521. The highest BCUT2D eigenvalue weighted by Gasteiger charge is 2.11. The van der Waals surface area contributed by atoms with Gasteiger partial charge < -0.3 is 5.73 Å². The van der Waals surface area contributed by atoms with Crippen LogP contribution in [0, 0.1) is 6.92 Å². The molecule has 0 spiro atoms. The van der Waals surface area contributed by atoms with Crippen molar-refractivity contribution >= 4 is 0 Å². The minimum absolute atomic E-state index is 0.0219. The SMILES string of the molecule is Cc1c(C(C)N)cnn1-c1ccc(C(C)C)cc1. The molecule has 18 heavy (non-hydrogen) atoms. The van der Waals surface area contributed by atoms with E-state index >= 15 is 0 Å². The average Bonchev–Trinajstić information content (AvgIpc) is 2.71. The predicted molar refractivity (Wildman–Crippen MR) is 75.0 cm³/mol. The Kier molecular flexibility index (Phi) is 3.53. The first-order valence-corrected chi connectivity index (χ1v) is 6.41. The van der Waals surface area contributed by atoms with E-state index in [4.69, 9.17) is 5.73 Å². The van der Waals surface area contributed by atoms with Gasteiger partial charge in [0.25, 0.3) is 0 Å². The Hall–Kier alpha value is -1.61. The molecule has 3 heteroatoms. The molecular formula is C15H21N3. The zero-order valence-corrected chi connectivity index (χ0v) is 11.5. The van der Waals surface area contributed by atoms with E-state index < -0.39 is 0 Å². The van der Waals surface area contributed by atoms with Crippen molar-refractivity contribution in [1.29, 1.82) is 0 Å². The van der Waals surface area contributed by atoms with Crippen molar-refractivity contribution in [2.45, 2.75) is 39.7 Å². The van der Waals surface area contributed by atoms with Crippen LogP contribution in [-0.4, -0.2) is 9.78 Å². The van der Waals surface area contributed by atoms with Gasteiger partial charge in [0.15, 0.2) is 0 Å². The molecule has 0 aliphatic rings. The largest absolute Gasteiger partial charge is 0.324 e. The van der Waals surface area contributed by atoms with Gasteiger partial charge >= 0.3 is 0 Å². The number of aromatic nitrogens is 2. The van der Waals surface area contributed by atoms with Crippen LogP contribution in [0.2, 0.25) is 0 Å². The Balaban J connectivity index is 2.37. The van der Waals surface area contributed by atoms with Crippen LogP contribution < -0.4 is 5.73 Å². The zero-order valence-electron chi connectivity index (χ0n) is 11.5. The van der Waals surface area contributed by atoms with Gasteiger partial charge in [-0.05, 0) is 37.5 Å². The Labute approximate surface area is 109 Å². The number of nitrogens with zero attached hydrogens (tertiary/aromatic N) is 2. The quantitative estimate of drug-likeness (QED) is 0.898. The van der Waals surface area contributed by atoms with Gasteiger partial charge in [-0.3, -0.25) is 0 Å². The van der Waals surface area contributed by atoms with Crippen LogP contribution in [0.1, 0.15) is 49.6 Å². The Morgan fingerprint density at radius 2 is 1.72 bits per heavy atom. The third-order valence-corrected chi connectivity index (χ3v) is 3.34. The third kappa shape index (κ3) is 2.31. The molecule has 1 aromatic heterocycles. The van der Waals surface area contributed by atoms with Gasteiger partial charge in [-0.2, -0.15) is 5.10 Å². The standard InChI is InChI=1S/C15H21N3/c1-10(2)13-5-7-14(8-6-13)18-12(4)15(9-17-18)11(3)16/h5-11H,16H2,1-4H3. The molecule has 0 saturated heterocycles. The second-order valence-corrected chi connectivity index (χ2v) is 5.13. The molecule has 2 aromatic rings. The molecule has 1 unspecified atom stereocenters. The van der Waals surface area contributed by atoms with E-state index in [1.165, 1.54) is 5.56 Å². The van der Waals surface area contributed by atoms with E-state index in [2.05, 4.69) is 50.1 Å². The minimum atomic E-state index is 0.0219. The van der Waals surface area contributed by atoms with Gasteiger partial charge in [0, 0.05) is 17.3 Å². The van der Waals surface area contributed by atoms with Gasteiger partial charge in [-0.25, -0.2) is 4.68 Å². The topological polar surface area (TPSA) is 43.8 Å². The molecule has 2 rings (SSSR count). The lowest BCUT2D eigenvalue weighted by Gasteiger charge is -2.09. The van der Waals surface area contributed by atoms with Crippen LogP contribution in [-0.2, 0) is 0 Å². The third-order valence-electron chi connectivity index (χ3n) is 3.34. The van der Waals surface area contributed by atoms with Gasteiger partial charge in [0.2, 0.25) is 0 Å². The van der Waals surface area contributed by atoms with Gasteiger partial charge in [-0.1, -0.05) is 26.0 Å². The van der Waals surface area contributed by atoms with E-state index in [0.717, 1.165) is 16.9 Å². The fourth-order valence-corrected chi connectivity index (χ4v) is 2.13. The minimum Gasteiger partial charge on any atom is -0.324 e. The summed E-state index contributed by atoms with van der Waals surface area (Å²) in [5.41, 5.74) is 10.6. The van der Waals surface area contributed by atoms with Crippen molar-refractivity contribution in [2.24, 2.45) is 5.73 Å². The summed E-state index contributed by atoms with van der Waals surface area (Å²) in [7, 11) is 0. The number of rotatable bonds is 3. The maximum absolute atomic E-state index is 5.92. The predicted octanol–water partition coefficient (Wildman–Crippen LogP) is 3.32.